The quantitative estimate of drug-likeness (QED) is 0.641. The molecule has 0 saturated carbocycles. The zero-order chi connectivity index (χ0) is 13.0. The van der Waals surface area contributed by atoms with E-state index < -0.39 is 4.92 Å². The van der Waals surface area contributed by atoms with Crippen molar-refractivity contribution >= 4 is 23.0 Å². The first-order chi connectivity index (χ1) is 7.91. The van der Waals surface area contributed by atoms with Crippen LogP contribution in [-0.2, 0) is 0 Å². The molecule has 0 fully saturated rings. The molecule has 4 nitrogen and oxygen atoms in total. The molecule has 0 aliphatic heterocycles. The molecule has 1 aromatic carbocycles. The molecule has 1 N–H and O–H groups in total. The smallest absolute Gasteiger partial charge is 0.293 e. The maximum Gasteiger partial charge on any atom is 0.293 e. The lowest BCUT2D eigenvalue weighted by Crippen LogP contribution is -2.16. The second-order valence-corrected chi connectivity index (χ2v) is 4.96. The fourth-order valence-electron chi connectivity index (χ4n) is 1.31. The zero-order valence-corrected chi connectivity index (χ0v) is 11.0. The van der Waals surface area contributed by atoms with Crippen LogP contribution in [0.2, 0.25) is 5.02 Å². The SMILES string of the molecule is CC(C)C(C)CNc1ccc(Cl)cc1[N+](=O)[O-]. The molecule has 1 rings (SSSR count). The molecule has 5 heteroatoms. The number of nitro groups is 1. The van der Waals surface area contributed by atoms with Crippen molar-refractivity contribution < 1.29 is 4.92 Å². The van der Waals surface area contributed by atoms with E-state index in [0.717, 1.165) is 0 Å². The molecule has 0 aliphatic carbocycles. The Morgan fingerprint density at radius 2 is 2.06 bits per heavy atom. The van der Waals surface area contributed by atoms with Crippen LogP contribution in [0.4, 0.5) is 11.4 Å². The minimum atomic E-state index is -0.422. The largest absolute Gasteiger partial charge is 0.379 e. The maximum atomic E-state index is 10.9. The Bertz CT molecular complexity index is 407. The van der Waals surface area contributed by atoms with E-state index in [1.54, 1.807) is 12.1 Å². The summed E-state index contributed by atoms with van der Waals surface area (Å²) in [5, 5.41) is 14.3. The van der Waals surface area contributed by atoms with E-state index in [9.17, 15) is 10.1 Å². The maximum absolute atomic E-state index is 10.9. The number of benzene rings is 1. The molecule has 0 bridgehead atoms. The molecule has 17 heavy (non-hydrogen) atoms. The Labute approximate surface area is 106 Å². The van der Waals surface area contributed by atoms with Crippen LogP contribution in [-0.4, -0.2) is 11.5 Å². The van der Waals surface area contributed by atoms with Crippen molar-refractivity contribution in [3.63, 3.8) is 0 Å². The normalized spacial score (nSPS) is 12.5. The highest BCUT2D eigenvalue weighted by molar-refractivity contribution is 6.30. The van der Waals surface area contributed by atoms with Crippen molar-refractivity contribution in [2.75, 3.05) is 11.9 Å². The van der Waals surface area contributed by atoms with Crippen LogP contribution in [0.15, 0.2) is 18.2 Å². The predicted octanol–water partition coefficient (Wildman–Crippen LogP) is 3.95. The van der Waals surface area contributed by atoms with Gasteiger partial charge < -0.3 is 5.32 Å². The first kappa shape index (κ1) is 13.8. The highest BCUT2D eigenvalue weighted by Crippen LogP contribution is 2.28. The number of nitrogens with zero attached hydrogens (tertiary/aromatic N) is 1. The zero-order valence-electron chi connectivity index (χ0n) is 10.2. The summed E-state index contributed by atoms with van der Waals surface area (Å²) in [4.78, 5) is 10.4. The second kappa shape index (κ2) is 5.87. The summed E-state index contributed by atoms with van der Waals surface area (Å²) in [6, 6.07) is 4.66. The first-order valence-electron chi connectivity index (χ1n) is 5.59. The van der Waals surface area contributed by atoms with Crippen molar-refractivity contribution in [1.82, 2.24) is 0 Å². The van der Waals surface area contributed by atoms with Gasteiger partial charge in [-0.1, -0.05) is 32.4 Å². The standard InChI is InChI=1S/C12H17ClN2O2/c1-8(2)9(3)7-14-11-5-4-10(13)6-12(11)15(16)17/h4-6,8-9,14H,7H2,1-3H3. The van der Waals surface area contributed by atoms with Crippen LogP contribution in [0.3, 0.4) is 0 Å². The average molecular weight is 257 g/mol. The Morgan fingerprint density at radius 1 is 1.41 bits per heavy atom. The molecule has 94 valence electrons. The lowest BCUT2D eigenvalue weighted by Gasteiger charge is -2.16. The van der Waals surface area contributed by atoms with Gasteiger partial charge in [0.2, 0.25) is 0 Å². The van der Waals surface area contributed by atoms with Crippen LogP contribution >= 0.6 is 11.6 Å². The van der Waals surface area contributed by atoms with E-state index in [2.05, 4.69) is 26.1 Å². The van der Waals surface area contributed by atoms with E-state index in [1.807, 2.05) is 0 Å². The van der Waals surface area contributed by atoms with E-state index >= 15 is 0 Å². The fraction of sp³-hybridized carbons (Fsp3) is 0.500. The van der Waals surface area contributed by atoms with Crippen LogP contribution in [0.1, 0.15) is 20.8 Å². The summed E-state index contributed by atoms with van der Waals surface area (Å²) in [5.74, 6) is 0.985. The third-order valence-electron chi connectivity index (χ3n) is 2.91. The van der Waals surface area contributed by atoms with Crippen LogP contribution in [0.25, 0.3) is 0 Å². The fourth-order valence-corrected chi connectivity index (χ4v) is 1.48. The van der Waals surface area contributed by atoms with Gasteiger partial charge in [-0.05, 0) is 24.0 Å². The van der Waals surface area contributed by atoms with Gasteiger partial charge in [0.05, 0.1) is 4.92 Å². The minimum absolute atomic E-state index is 0.0217. The van der Waals surface area contributed by atoms with E-state index in [1.165, 1.54) is 6.07 Å². The van der Waals surface area contributed by atoms with Gasteiger partial charge in [-0.25, -0.2) is 0 Å². The van der Waals surface area contributed by atoms with Crippen molar-refractivity contribution in [3.8, 4) is 0 Å². The first-order valence-corrected chi connectivity index (χ1v) is 5.97. The highest BCUT2D eigenvalue weighted by atomic mass is 35.5. The van der Waals surface area contributed by atoms with Gasteiger partial charge in [-0.2, -0.15) is 0 Å². The number of rotatable bonds is 5. The third-order valence-corrected chi connectivity index (χ3v) is 3.14. The van der Waals surface area contributed by atoms with Crippen LogP contribution in [0.5, 0.6) is 0 Å². The molecule has 0 amide bonds. The number of halogens is 1. The number of anilines is 1. The van der Waals surface area contributed by atoms with Crippen molar-refractivity contribution in [1.29, 1.82) is 0 Å². The summed E-state index contributed by atoms with van der Waals surface area (Å²) < 4.78 is 0. The topological polar surface area (TPSA) is 55.2 Å². The van der Waals surface area contributed by atoms with Crippen LogP contribution < -0.4 is 5.32 Å². The Morgan fingerprint density at radius 3 is 2.59 bits per heavy atom. The van der Waals surface area contributed by atoms with Gasteiger partial charge in [0, 0.05) is 17.6 Å². The molecule has 0 aromatic heterocycles. The van der Waals surface area contributed by atoms with E-state index in [0.29, 0.717) is 29.1 Å². The predicted molar refractivity (Wildman–Crippen MR) is 70.6 cm³/mol. The Hall–Kier alpha value is -1.29. The number of nitro benzene ring substituents is 1. The number of hydrogen-bond acceptors (Lipinski definition) is 3. The van der Waals surface area contributed by atoms with E-state index in [4.69, 9.17) is 11.6 Å². The molecule has 0 heterocycles. The Balaban J connectivity index is 2.80. The number of hydrogen-bond donors (Lipinski definition) is 1. The lowest BCUT2D eigenvalue weighted by atomic mass is 9.98. The summed E-state index contributed by atoms with van der Waals surface area (Å²) in [6.07, 6.45) is 0. The van der Waals surface area contributed by atoms with Gasteiger partial charge in [-0.3, -0.25) is 10.1 Å². The molecule has 1 unspecified atom stereocenters. The highest BCUT2D eigenvalue weighted by Gasteiger charge is 2.15. The molecular formula is C12H17ClN2O2. The molecular weight excluding hydrogens is 240 g/mol. The van der Waals surface area contributed by atoms with Crippen molar-refractivity contribution in [2.24, 2.45) is 11.8 Å². The molecule has 1 atom stereocenters. The summed E-state index contributed by atoms with van der Waals surface area (Å²) in [6.45, 7) is 7.07. The summed E-state index contributed by atoms with van der Waals surface area (Å²) in [5.41, 5.74) is 0.542. The summed E-state index contributed by atoms with van der Waals surface area (Å²) >= 11 is 5.74. The molecule has 0 aliphatic rings. The molecule has 0 radical (unpaired) electrons. The number of nitrogens with one attached hydrogen (secondary N) is 1. The van der Waals surface area contributed by atoms with Crippen molar-refractivity contribution in [3.05, 3.63) is 33.3 Å². The van der Waals surface area contributed by atoms with E-state index in [-0.39, 0.29) is 5.69 Å². The van der Waals surface area contributed by atoms with Gasteiger partial charge in [0.15, 0.2) is 0 Å². The second-order valence-electron chi connectivity index (χ2n) is 4.52. The van der Waals surface area contributed by atoms with Gasteiger partial charge in [0.1, 0.15) is 5.69 Å². The molecule has 1 aromatic rings. The Kier molecular flexibility index (Phi) is 4.75. The molecule has 0 saturated heterocycles. The minimum Gasteiger partial charge on any atom is -0.379 e. The third kappa shape index (κ3) is 3.89. The van der Waals surface area contributed by atoms with Gasteiger partial charge in [-0.15, -0.1) is 0 Å². The van der Waals surface area contributed by atoms with Crippen molar-refractivity contribution in [2.45, 2.75) is 20.8 Å². The average Bonchev–Trinajstić information content (AvgIpc) is 2.26. The summed E-state index contributed by atoms with van der Waals surface area (Å²) in [7, 11) is 0. The van der Waals surface area contributed by atoms with Crippen LogP contribution in [0, 0.1) is 22.0 Å². The lowest BCUT2D eigenvalue weighted by molar-refractivity contribution is -0.383. The monoisotopic (exact) mass is 256 g/mol. The molecule has 0 spiro atoms. The van der Waals surface area contributed by atoms with Gasteiger partial charge >= 0.3 is 0 Å². The van der Waals surface area contributed by atoms with Gasteiger partial charge in [0.25, 0.3) is 5.69 Å².